The number of halogens is 10. The van der Waals surface area contributed by atoms with E-state index in [1.165, 1.54) is 0 Å². The molecular weight excluding hydrogens is 436 g/mol. The number of hydrogen-bond donors (Lipinski definition) is 0. The van der Waals surface area contributed by atoms with E-state index in [9.17, 15) is 43.9 Å². The fraction of sp³-hybridized carbons (Fsp3) is 0.118. The molecule has 0 aliphatic heterocycles. The van der Waals surface area contributed by atoms with Gasteiger partial charge in [0.05, 0.1) is 28.3 Å². The molecule has 0 amide bonds. The minimum absolute atomic E-state index is 0.296. The third-order valence-electron chi connectivity index (χ3n) is 3.77. The molecule has 0 fully saturated rings. The summed E-state index contributed by atoms with van der Waals surface area (Å²) < 4.78 is 134. The van der Waals surface area contributed by atoms with E-state index in [1.54, 1.807) is 0 Å². The topological polar surface area (TPSA) is 71.4 Å². The molecule has 0 N–H and O–H groups in total. The molecule has 0 saturated carbocycles. The number of rotatable bonds is 1. The molecule has 2 rings (SSSR count). The van der Waals surface area contributed by atoms with Crippen LogP contribution in [0.2, 0.25) is 0 Å². The van der Waals surface area contributed by atoms with E-state index in [2.05, 4.69) is 0 Å². The zero-order valence-electron chi connectivity index (χ0n) is 13.7. The Balaban J connectivity index is 3.18. The number of hydrogen-bond acceptors (Lipinski definition) is 3. The van der Waals surface area contributed by atoms with Gasteiger partial charge in [0.2, 0.25) is 0 Å². The van der Waals surface area contributed by atoms with Crippen LogP contribution >= 0.6 is 0 Å². The Labute approximate surface area is 159 Å². The molecule has 2 aromatic carbocycles. The number of nitriles is 3. The molecule has 154 valence electrons. The van der Waals surface area contributed by atoms with Crippen LogP contribution < -0.4 is 0 Å². The van der Waals surface area contributed by atoms with Crippen LogP contribution in [0, 0.1) is 57.3 Å². The molecule has 13 heteroatoms. The molecule has 0 spiro atoms. The third-order valence-corrected chi connectivity index (χ3v) is 3.77. The highest BCUT2D eigenvalue weighted by Crippen LogP contribution is 2.44. The lowest BCUT2D eigenvalue weighted by molar-refractivity contribution is -0.141. The molecule has 0 aliphatic rings. The van der Waals surface area contributed by atoms with Gasteiger partial charge in [0.25, 0.3) is 0 Å². The van der Waals surface area contributed by atoms with Gasteiger partial charge in [-0.3, -0.25) is 0 Å². The molecular formula is C17HF10N3. The van der Waals surface area contributed by atoms with Gasteiger partial charge in [0.15, 0.2) is 23.3 Å². The van der Waals surface area contributed by atoms with Gasteiger partial charge in [-0.05, 0) is 6.07 Å². The van der Waals surface area contributed by atoms with Crippen LogP contribution in [-0.2, 0) is 12.4 Å². The Kier molecular flexibility index (Phi) is 5.42. The first-order valence-electron chi connectivity index (χ1n) is 7.14. The zero-order chi connectivity index (χ0) is 23.2. The minimum Gasteiger partial charge on any atom is -0.203 e. The van der Waals surface area contributed by atoms with Gasteiger partial charge >= 0.3 is 12.4 Å². The monoisotopic (exact) mass is 437 g/mol. The second kappa shape index (κ2) is 7.23. The molecule has 0 bridgehead atoms. The van der Waals surface area contributed by atoms with Crippen LogP contribution in [0.25, 0.3) is 11.1 Å². The van der Waals surface area contributed by atoms with Crippen molar-refractivity contribution in [1.82, 2.24) is 0 Å². The van der Waals surface area contributed by atoms with Gasteiger partial charge in [0.1, 0.15) is 17.7 Å². The van der Waals surface area contributed by atoms with Crippen molar-refractivity contribution in [3.63, 3.8) is 0 Å². The first-order chi connectivity index (χ1) is 13.7. The highest BCUT2D eigenvalue weighted by Gasteiger charge is 2.43. The van der Waals surface area contributed by atoms with Crippen LogP contribution in [0.15, 0.2) is 6.07 Å². The Morgan fingerprint density at radius 1 is 0.600 bits per heavy atom. The summed E-state index contributed by atoms with van der Waals surface area (Å²) in [5.41, 5.74) is -13.4. The summed E-state index contributed by atoms with van der Waals surface area (Å²) in [5.74, 6) is -10.7. The molecule has 0 aromatic heterocycles. The predicted octanol–water partition coefficient (Wildman–Crippen LogP) is 5.56. The standard InChI is InChI=1S/C17HF10N3/c18-12-8(16(22,23)24)1-5(2-28)9(13(12)19)10-6(3-29)7(4-30)11(17(25,26)27)15(21)14(10)20/h1H. The first kappa shape index (κ1) is 22.5. The summed E-state index contributed by atoms with van der Waals surface area (Å²) in [5, 5.41) is 26.9. The largest absolute Gasteiger partial charge is 0.420 e. The van der Waals surface area contributed by atoms with Crippen molar-refractivity contribution in [2.45, 2.75) is 12.4 Å². The normalized spacial score (nSPS) is 11.6. The smallest absolute Gasteiger partial charge is 0.203 e. The van der Waals surface area contributed by atoms with Crippen molar-refractivity contribution in [1.29, 1.82) is 15.8 Å². The van der Waals surface area contributed by atoms with E-state index < -0.39 is 74.6 Å². The van der Waals surface area contributed by atoms with E-state index in [0.717, 1.165) is 18.2 Å². The SMILES string of the molecule is N#Cc1cc(C(F)(F)F)c(F)c(F)c1-c1c(F)c(F)c(C(F)(F)F)c(C#N)c1C#N. The lowest BCUT2D eigenvalue weighted by Gasteiger charge is -2.18. The highest BCUT2D eigenvalue weighted by atomic mass is 19.4. The fourth-order valence-corrected chi connectivity index (χ4v) is 2.58. The van der Waals surface area contributed by atoms with Crippen molar-refractivity contribution >= 4 is 0 Å². The first-order valence-corrected chi connectivity index (χ1v) is 7.14. The highest BCUT2D eigenvalue weighted by molar-refractivity contribution is 5.80. The summed E-state index contributed by atoms with van der Waals surface area (Å²) in [7, 11) is 0. The van der Waals surface area contributed by atoms with Gasteiger partial charge in [0, 0.05) is 11.1 Å². The van der Waals surface area contributed by atoms with Crippen molar-refractivity contribution in [3.05, 3.63) is 57.2 Å². The van der Waals surface area contributed by atoms with Gasteiger partial charge in [-0.15, -0.1) is 0 Å². The fourth-order valence-electron chi connectivity index (χ4n) is 2.58. The second-order valence-electron chi connectivity index (χ2n) is 5.43. The van der Waals surface area contributed by atoms with Crippen LogP contribution in [0.5, 0.6) is 0 Å². The van der Waals surface area contributed by atoms with Crippen LogP contribution in [-0.4, -0.2) is 0 Å². The zero-order valence-corrected chi connectivity index (χ0v) is 13.7. The average molecular weight is 437 g/mol. The summed E-state index contributed by atoms with van der Waals surface area (Å²) >= 11 is 0. The maximum atomic E-state index is 14.4. The number of nitrogens with zero attached hydrogens (tertiary/aromatic N) is 3. The van der Waals surface area contributed by atoms with E-state index >= 15 is 0 Å². The lowest BCUT2D eigenvalue weighted by atomic mass is 9.88. The average Bonchev–Trinajstić information content (AvgIpc) is 2.63. The molecule has 3 nitrogen and oxygen atoms in total. The van der Waals surface area contributed by atoms with Crippen molar-refractivity contribution < 1.29 is 43.9 Å². The van der Waals surface area contributed by atoms with E-state index in [-0.39, 0.29) is 6.07 Å². The predicted molar refractivity (Wildman–Crippen MR) is 75.9 cm³/mol. The van der Waals surface area contributed by atoms with E-state index in [4.69, 9.17) is 15.8 Å². The molecule has 0 heterocycles. The third kappa shape index (κ3) is 3.37. The van der Waals surface area contributed by atoms with Crippen LogP contribution in [0.3, 0.4) is 0 Å². The molecule has 0 unspecified atom stereocenters. The van der Waals surface area contributed by atoms with Gasteiger partial charge in [-0.1, -0.05) is 0 Å². The maximum Gasteiger partial charge on any atom is 0.420 e. The maximum absolute atomic E-state index is 14.4. The molecule has 0 atom stereocenters. The van der Waals surface area contributed by atoms with Crippen LogP contribution in [0.1, 0.15) is 27.8 Å². The summed E-state index contributed by atoms with van der Waals surface area (Å²) in [4.78, 5) is 0. The van der Waals surface area contributed by atoms with Gasteiger partial charge in [-0.2, -0.15) is 42.1 Å². The molecule has 30 heavy (non-hydrogen) atoms. The Morgan fingerprint density at radius 2 is 1.10 bits per heavy atom. The van der Waals surface area contributed by atoms with Gasteiger partial charge < -0.3 is 0 Å². The summed E-state index contributed by atoms with van der Waals surface area (Å²) in [6, 6.07) is 2.31. The molecule has 2 aromatic rings. The van der Waals surface area contributed by atoms with Crippen LogP contribution in [0.4, 0.5) is 43.9 Å². The Morgan fingerprint density at radius 3 is 1.50 bits per heavy atom. The van der Waals surface area contributed by atoms with E-state index in [0.29, 0.717) is 0 Å². The van der Waals surface area contributed by atoms with E-state index in [1.807, 2.05) is 0 Å². The lowest BCUT2D eigenvalue weighted by Crippen LogP contribution is -2.17. The molecule has 0 saturated heterocycles. The molecule has 0 radical (unpaired) electrons. The van der Waals surface area contributed by atoms with Crippen molar-refractivity contribution in [2.24, 2.45) is 0 Å². The summed E-state index contributed by atoms with van der Waals surface area (Å²) in [6.07, 6.45) is -11.2. The quantitative estimate of drug-likeness (QED) is 0.549. The molecule has 0 aliphatic carbocycles. The minimum atomic E-state index is -5.71. The summed E-state index contributed by atoms with van der Waals surface area (Å²) in [6.45, 7) is 0. The number of alkyl halides is 6. The number of benzene rings is 2. The Bertz CT molecular complexity index is 1190. The van der Waals surface area contributed by atoms with Gasteiger partial charge in [-0.25, -0.2) is 17.6 Å². The van der Waals surface area contributed by atoms with Crippen molar-refractivity contribution in [2.75, 3.05) is 0 Å². The Hall–Kier alpha value is -3.79. The second-order valence-corrected chi connectivity index (χ2v) is 5.43. The van der Waals surface area contributed by atoms with Crippen molar-refractivity contribution in [3.8, 4) is 29.3 Å².